The third-order valence-corrected chi connectivity index (χ3v) is 4.73. The molecule has 0 aliphatic heterocycles. The number of nitrogens with one attached hydrogen (secondary N) is 2. The van der Waals surface area contributed by atoms with E-state index in [2.05, 4.69) is 21.9 Å². The molecule has 0 unspecified atom stereocenters. The molecule has 1 heterocycles. The van der Waals surface area contributed by atoms with Gasteiger partial charge in [0.25, 0.3) is 0 Å². The van der Waals surface area contributed by atoms with Crippen LogP contribution in [0.2, 0.25) is 0 Å². The lowest BCUT2D eigenvalue weighted by Gasteiger charge is -2.13. The average Bonchev–Trinajstić information content (AvgIpc) is 2.44. The number of nitrogens with zero attached hydrogens (tertiary/aromatic N) is 2. The SMILES string of the molecule is Cc1ccc(Nc2ccc(NS(=O)(=O)N(C)C)cn2)cc1C. The number of aromatic nitrogens is 1. The van der Waals surface area contributed by atoms with E-state index in [1.54, 1.807) is 12.1 Å². The molecule has 2 rings (SSSR count). The van der Waals surface area contributed by atoms with E-state index < -0.39 is 10.2 Å². The first-order chi connectivity index (χ1) is 10.3. The van der Waals surface area contributed by atoms with Crippen molar-refractivity contribution in [1.29, 1.82) is 0 Å². The molecule has 1 aromatic heterocycles. The topological polar surface area (TPSA) is 74.3 Å². The number of rotatable bonds is 5. The van der Waals surface area contributed by atoms with Crippen LogP contribution in [0.5, 0.6) is 0 Å². The highest BCUT2D eigenvalue weighted by atomic mass is 32.2. The number of benzene rings is 1. The van der Waals surface area contributed by atoms with E-state index in [4.69, 9.17) is 0 Å². The van der Waals surface area contributed by atoms with Crippen LogP contribution in [0.4, 0.5) is 17.2 Å². The van der Waals surface area contributed by atoms with E-state index in [-0.39, 0.29) is 0 Å². The van der Waals surface area contributed by atoms with Crippen LogP contribution in [0.1, 0.15) is 11.1 Å². The lowest BCUT2D eigenvalue weighted by molar-refractivity contribution is 0.527. The van der Waals surface area contributed by atoms with Gasteiger partial charge in [-0.15, -0.1) is 0 Å². The van der Waals surface area contributed by atoms with E-state index in [0.29, 0.717) is 11.5 Å². The number of hydrogen-bond donors (Lipinski definition) is 2. The number of anilines is 3. The highest BCUT2D eigenvalue weighted by molar-refractivity contribution is 7.90. The Morgan fingerprint density at radius 1 is 1.00 bits per heavy atom. The van der Waals surface area contributed by atoms with Gasteiger partial charge in [-0.3, -0.25) is 4.72 Å². The molecule has 0 radical (unpaired) electrons. The van der Waals surface area contributed by atoms with Gasteiger partial charge in [0.05, 0.1) is 11.9 Å². The summed E-state index contributed by atoms with van der Waals surface area (Å²) >= 11 is 0. The Hall–Kier alpha value is -2.12. The van der Waals surface area contributed by atoms with Crippen LogP contribution < -0.4 is 10.0 Å². The van der Waals surface area contributed by atoms with Gasteiger partial charge in [-0.2, -0.15) is 12.7 Å². The number of hydrogen-bond acceptors (Lipinski definition) is 4. The molecule has 0 aliphatic carbocycles. The predicted molar refractivity (Wildman–Crippen MR) is 89.7 cm³/mol. The minimum absolute atomic E-state index is 0.416. The van der Waals surface area contributed by atoms with Gasteiger partial charge in [-0.05, 0) is 49.2 Å². The highest BCUT2D eigenvalue weighted by Gasteiger charge is 2.12. The molecule has 2 aromatic rings. The first kappa shape index (κ1) is 16.3. The van der Waals surface area contributed by atoms with Gasteiger partial charge in [0.15, 0.2) is 0 Å². The molecule has 2 N–H and O–H groups in total. The van der Waals surface area contributed by atoms with Crippen molar-refractivity contribution in [2.24, 2.45) is 0 Å². The van der Waals surface area contributed by atoms with Gasteiger partial charge >= 0.3 is 10.2 Å². The van der Waals surface area contributed by atoms with Crippen molar-refractivity contribution in [1.82, 2.24) is 9.29 Å². The largest absolute Gasteiger partial charge is 0.340 e. The van der Waals surface area contributed by atoms with Gasteiger partial charge in [-0.1, -0.05) is 6.07 Å². The van der Waals surface area contributed by atoms with Gasteiger partial charge < -0.3 is 5.32 Å². The van der Waals surface area contributed by atoms with E-state index in [0.717, 1.165) is 9.99 Å². The van der Waals surface area contributed by atoms with Crippen LogP contribution in [-0.2, 0) is 10.2 Å². The second-order valence-corrected chi connectivity index (χ2v) is 7.13. The monoisotopic (exact) mass is 320 g/mol. The van der Waals surface area contributed by atoms with Crippen LogP contribution in [0, 0.1) is 13.8 Å². The summed E-state index contributed by atoms with van der Waals surface area (Å²) in [5.74, 6) is 0.649. The summed E-state index contributed by atoms with van der Waals surface area (Å²) < 4.78 is 27.0. The zero-order valence-corrected chi connectivity index (χ0v) is 13.9. The molecule has 1 aromatic carbocycles. The summed E-state index contributed by atoms with van der Waals surface area (Å²) in [4.78, 5) is 4.21. The molecule has 22 heavy (non-hydrogen) atoms. The second kappa shape index (κ2) is 6.33. The summed E-state index contributed by atoms with van der Waals surface area (Å²) in [6, 6.07) is 9.45. The summed E-state index contributed by atoms with van der Waals surface area (Å²) in [5.41, 5.74) is 3.78. The Kier molecular flexibility index (Phi) is 4.68. The molecular weight excluding hydrogens is 300 g/mol. The molecule has 7 heteroatoms. The molecule has 0 spiro atoms. The third-order valence-electron chi connectivity index (χ3n) is 3.27. The van der Waals surface area contributed by atoms with Gasteiger partial charge in [0, 0.05) is 19.8 Å². The first-order valence-corrected chi connectivity index (χ1v) is 8.22. The van der Waals surface area contributed by atoms with E-state index in [9.17, 15) is 8.42 Å². The molecule has 0 saturated heterocycles. The predicted octanol–water partition coefficient (Wildman–Crippen LogP) is 2.66. The number of aryl methyl sites for hydroxylation is 2. The Bertz CT molecular complexity index is 756. The van der Waals surface area contributed by atoms with Crippen molar-refractivity contribution in [2.75, 3.05) is 24.1 Å². The molecular formula is C15H20N4O2S. The van der Waals surface area contributed by atoms with Gasteiger partial charge in [0.1, 0.15) is 5.82 Å². The van der Waals surface area contributed by atoms with E-state index >= 15 is 0 Å². The maximum absolute atomic E-state index is 11.7. The Morgan fingerprint density at radius 3 is 2.23 bits per heavy atom. The van der Waals surface area contributed by atoms with Gasteiger partial charge in [-0.25, -0.2) is 4.98 Å². The number of pyridine rings is 1. The lowest BCUT2D eigenvalue weighted by atomic mass is 10.1. The van der Waals surface area contributed by atoms with Crippen molar-refractivity contribution >= 4 is 27.4 Å². The van der Waals surface area contributed by atoms with Crippen molar-refractivity contribution < 1.29 is 8.42 Å². The molecule has 0 bridgehead atoms. The van der Waals surface area contributed by atoms with Crippen molar-refractivity contribution in [3.05, 3.63) is 47.7 Å². The summed E-state index contributed by atoms with van der Waals surface area (Å²) in [7, 11) is -0.583. The minimum atomic E-state index is -3.51. The maximum Gasteiger partial charge on any atom is 0.301 e. The standard InChI is InChI=1S/C15H20N4O2S/c1-11-5-6-13(9-12(11)2)17-15-8-7-14(10-16-15)18-22(20,21)19(3)4/h5-10,18H,1-4H3,(H,16,17). The average molecular weight is 320 g/mol. The Balaban J connectivity index is 2.10. The summed E-state index contributed by atoms with van der Waals surface area (Å²) in [6.07, 6.45) is 1.48. The quantitative estimate of drug-likeness (QED) is 0.888. The van der Waals surface area contributed by atoms with Crippen LogP contribution in [-0.4, -0.2) is 31.8 Å². The van der Waals surface area contributed by atoms with Crippen LogP contribution in [0.15, 0.2) is 36.5 Å². The second-order valence-electron chi connectivity index (χ2n) is 5.25. The molecule has 0 atom stereocenters. The fourth-order valence-corrected chi connectivity index (χ4v) is 2.34. The van der Waals surface area contributed by atoms with Crippen molar-refractivity contribution in [3.8, 4) is 0 Å². The molecule has 0 fully saturated rings. The molecule has 6 nitrogen and oxygen atoms in total. The fraction of sp³-hybridized carbons (Fsp3) is 0.267. The Morgan fingerprint density at radius 2 is 1.68 bits per heavy atom. The minimum Gasteiger partial charge on any atom is -0.340 e. The smallest absolute Gasteiger partial charge is 0.301 e. The van der Waals surface area contributed by atoms with Crippen molar-refractivity contribution in [2.45, 2.75) is 13.8 Å². The Labute approximate surface area is 131 Å². The summed E-state index contributed by atoms with van der Waals surface area (Å²) in [5, 5.41) is 3.19. The third kappa shape index (κ3) is 3.96. The molecule has 0 saturated carbocycles. The lowest BCUT2D eigenvalue weighted by Crippen LogP contribution is -2.28. The van der Waals surface area contributed by atoms with Crippen molar-refractivity contribution in [3.63, 3.8) is 0 Å². The van der Waals surface area contributed by atoms with E-state index in [1.165, 1.54) is 31.4 Å². The highest BCUT2D eigenvalue weighted by Crippen LogP contribution is 2.19. The fourth-order valence-electron chi connectivity index (χ4n) is 1.74. The van der Waals surface area contributed by atoms with Crippen LogP contribution in [0.3, 0.4) is 0 Å². The van der Waals surface area contributed by atoms with Crippen LogP contribution >= 0.6 is 0 Å². The van der Waals surface area contributed by atoms with E-state index in [1.807, 2.05) is 25.1 Å². The maximum atomic E-state index is 11.7. The summed E-state index contributed by atoms with van der Waals surface area (Å²) in [6.45, 7) is 4.11. The van der Waals surface area contributed by atoms with Gasteiger partial charge in [0.2, 0.25) is 0 Å². The zero-order valence-electron chi connectivity index (χ0n) is 13.1. The first-order valence-electron chi connectivity index (χ1n) is 6.78. The normalized spacial score (nSPS) is 11.5. The molecule has 118 valence electrons. The molecule has 0 aliphatic rings. The molecule has 0 amide bonds. The zero-order chi connectivity index (χ0) is 16.3. The van der Waals surface area contributed by atoms with Crippen LogP contribution in [0.25, 0.3) is 0 Å².